The van der Waals surface area contributed by atoms with E-state index in [2.05, 4.69) is 10.4 Å². The summed E-state index contributed by atoms with van der Waals surface area (Å²) in [4.78, 5) is 24.7. The number of nitrogens with one attached hydrogen (secondary N) is 1. The summed E-state index contributed by atoms with van der Waals surface area (Å²) in [6, 6.07) is 12.1. The first-order valence-corrected chi connectivity index (χ1v) is 8.45. The predicted octanol–water partition coefficient (Wildman–Crippen LogP) is 2.28. The Morgan fingerprint density at radius 2 is 1.96 bits per heavy atom. The molecule has 0 aliphatic heterocycles. The van der Waals surface area contributed by atoms with Gasteiger partial charge in [0, 0.05) is 11.9 Å². The van der Waals surface area contributed by atoms with Crippen LogP contribution in [0, 0.1) is 5.41 Å². The lowest BCUT2D eigenvalue weighted by molar-refractivity contribution is -0.119. The Balaban J connectivity index is 0.00000261. The third kappa shape index (κ3) is 4.56. The number of aromatic nitrogens is 3. The Morgan fingerprint density at radius 3 is 2.63 bits per heavy atom. The maximum atomic E-state index is 12.4. The van der Waals surface area contributed by atoms with Crippen LogP contribution in [-0.2, 0) is 11.3 Å². The largest absolute Gasteiger partial charge is 0.350 e. The van der Waals surface area contributed by atoms with E-state index in [-0.39, 0.29) is 29.4 Å². The highest BCUT2D eigenvalue weighted by Gasteiger charge is 2.27. The Morgan fingerprint density at radius 1 is 1.22 bits per heavy atom. The van der Waals surface area contributed by atoms with Crippen molar-refractivity contribution < 1.29 is 4.79 Å². The summed E-state index contributed by atoms with van der Waals surface area (Å²) in [6.45, 7) is 6.08. The van der Waals surface area contributed by atoms with E-state index in [1.807, 2.05) is 45.0 Å². The third-order valence-corrected chi connectivity index (χ3v) is 4.23. The molecule has 0 saturated carbocycles. The van der Waals surface area contributed by atoms with Crippen molar-refractivity contribution in [2.24, 2.45) is 11.1 Å². The minimum absolute atomic E-state index is 0. The van der Waals surface area contributed by atoms with Gasteiger partial charge >= 0.3 is 5.69 Å². The molecule has 0 radical (unpaired) electrons. The SMILES string of the molecule is CC(C)(C)[C@H](N)C(=O)Nc1cccc(Cn2nc3ccccn3c2=O)c1.Cl. The molecular weight excluding hydrogens is 366 g/mol. The zero-order valence-electron chi connectivity index (χ0n) is 15.5. The van der Waals surface area contributed by atoms with Gasteiger partial charge in [-0.3, -0.25) is 9.20 Å². The first-order valence-electron chi connectivity index (χ1n) is 8.45. The standard InChI is InChI=1S/C19H23N5O2.ClH/c1-19(2,3)16(20)17(25)21-14-8-6-7-13(11-14)12-24-18(26)23-10-5-4-9-15(23)22-24;/h4-11,16H,12,20H2,1-3H3,(H,21,25);1H/t16-;/m1./s1. The van der Waals surface area contributed by atoms with Crippen molar-refractivity contribution in [3.8, 4) is 0 Å². The number of halogens is 1. The lowest BCUT2D eigenvalue weighted by Gasteiger charge is -2.25. The predicted molar refractivity (Wildman–Crippen MR) is 108 cm³/mol. The molecule has 0 saturated heterocycles. The molecule has 0 aliphatic carbocycles. The number of amides is 1. The summed E-state index contributed by atoms with van der Waals surface area (Å²) >= 11 is 0. The molecular formula is C19H24ClN5O2. The fourth-order valence-corrected chi connectivity index (χ4v) is 2.60. The fourth-order valence-electron chi connectivity index (χ4n) is 2.60. The molecule has 0 unspecified atom stereocenters. The molecule has 2 heterocycles. The van der Waals surface area contributed by atoms with Gasteiger partial charge in [-0.2, -0.15) is 0 Å². The van der Waals surface area contributed by atoms with Gasteiger partial charge in [0.05, 0.1) is 12.6 Å². The minimum Gasteiger partial charge on any atom is -0.325 e. The second kappa shape index (κ2) is 7.94. The maximum Gasteiger partial charge on any atom is 0.350 e. The van der Waals surface area contributed by atoms with Gasteiger partial charge < -0.3 is 11.1 Å². The van der Waals surface area contributed by atoms with E-state index < -0.39 is 6.04 Å². The number of carbonyl (C=O) groups is 1. The highest BCUT2D eigenvalue weighted by molar-refractivity contribution is 5.95. The second-order valence-corrected chi connectivity index (χ2v) is 7.40. The number of nitrogens with zero attached hydrogens (tertiary/aromatic N) is 3. The molecule has 8 heteroatoms. The van der Waals surface area contributed by atoms with Crippen molar-refractivity contribution in [1.29, 1.82) is 0 Å². The van der Waals surface area contributed by atoms with Crippen molar-refractivity contribution in [3.05, 3.63) is 64.7 Å². The van der Waals surface area contributed by atoms with Crippen molar-refractivity contribution >= 4 is 29.6 Å². The zero-order valence-corrected chi connectivity index (χ0v) is 16.4. The molecule has 144 valence electrons. The Bertz CT molecular complexity index is 1000. The molecule has 3 N–H and O–H groups in total. The normalized spacial score (nSPS) is 12.4. The van der Waals surface area contributed by atoms with Gasteiger partial charge in [0.1, 0.15) is 0 Å². The molecule has 27 heavy (non-hydrogen) atoms. The monoisotopic (exact) mass is 389 g/mol. The number of carbonyl (C=O) groups excluding carboxylic acids is 1. The average molecular weight is 390 g/mol. The van der Waals surface area contributed by atoms with Gasteiger partial charge in [0.2, 0.25) is 5.91 Å². The van der Waals surface area contributed by atoms with Crippen molar-refractivity contribution in [3.63, 3.8) is 0 Å². The van der Waals surface area contributed by atoms with Crippen LogP contribution in [0.2, 0.25) is 0 Å². The third-order valence-electron chi connectivity index (χ3n) is 4.23. The number of pyridine rings is 1. The molecule has 2 aromatic heterocycles. The van der Waals surface area contributed by atoms with Gasteiger partial charge in [-0.05, 0) is 35.2 Å². The maximum absolute atomic E-state index is 12.4. The molecule has 0 spiro atoms. The summed E-state index contributed by atoms with van der Waals surface area (Å²) in [5.41, 5.74) is 7.56. The lowest BCUT2D eigenvalue weighted by Crippen LogP contribution is -2.45. The summed E-state index contributed by atoms with van der Waals surface area (Å²) in [7, 11) is 0. The summed E-state index contributed by atoms with van der Waals surface area (Å²) in [5, 5.41) is 7.16. The van der Waals surface area contributed by atoms with E-state index in [9.17, 15) is 9.59 Å². The topological polar surface area (TPSA) is 94.4 Å². The average Bonchev–Trinajstić information content (AvgIpc) is 2.90. The van der Waals surface area contributed by atoms with E-state index in [0.717, 1.165) is 5.56 Å². The van der Waals surface area contributed by atoms with Gasteiger partial charge in [0.25, 0.3) is 0 Å². The van der Waals surface area contributed by atoms with Crippen LogP contribution in [0.5, 0.6) is 0 Å². The Labute approximate surface area is 163 Å². The molecule has 1 atom stereocenters. The van der Waals surface area contributed by atoms with E-state index in [1.165, 1.54) is 9.08 Å². The fraction of sp³-hybridized carbons (Fsp3) is 0.316. The second-order valence-electron chi connectivity index (χ2n) is 7.40. The van der Waals surface area contributed by atoms with Gasteiger partial charge in [-0.1, -0.05) is 39.0 Å². The van der Waals surface area contributed by atoms with Crippen LogP contribution in [0.25, 0.3) is 5.65 Å². The number of hydrogen-bond donors (Lipinski definition) is 2. The highest BCUT2D eigenvalue weighted by atomic mass is 35.5. The van der Waals surface area contributed by atoms with E-state index >= 15 is 0 Å². The molecule has 3 aromatic rings. The van der Waals surface area contributed by atoms with Crippen LogP contribution in [0.4, 0.5) is 5.69 Å². The van der Waals surface area contributed by atoms with Crippen molar-refractivity contribution in [2.45, 2.75) is 33.4 Å². The number of fused-ring (bicyclic) bond motifs is 1. The van der Waals surface area contributed by atoms with E-state index in [1.54, 1.807) is 24.4 Å². The summed E-state index contributed by atoms with van der Waals surface area (Å²) in [6.07, 6.45) is 1.69. The van der Waals surface area contributed by atoms with Crippen LogP contribution in [0.3, 0.4) is 0 Å². The number of rotatable bonds is 4. The van der Waals surface area contributed by atoms with Crippen LogP contribution < -0.4 is 16.7 Å². The number of hydrogen-bond acceptors (Lipinski definition) is 4. The van der Waals surface area contributed by atoms with Gasteiger partial charge in [-0.15, -0.1) is 17.5 Å². The van der Waals surface area contributed by atoms with E-state index in [0.29, 0.717) is 17.9 Å². The lowest BCUT2D eigenvalue weighted by atomic mass is 9.87. The molecule has 1 amide bonds. The smallest absolute Gasteiger partial charge is 0.325 e. The quantitative estimate of drug-likeness (QED) is 0.715. The summed E-state index contributed by atoms with van der Waals surface area (Å²) < 4.78 is 2.89. The summed E-state index contributed by atoms with van der Waals surface area (Å²) in [5.74, 6) is -0.237. The molecule has 0 bridgehead atoms. The zero-order chi connectivity index (χ0) is 18.9. The molecule has 3 rings (SSSR count). The molecule has 0 aliphatic rings. The van der Waals surface area contributed by atoms with Gasteiger partial charge in [0.15, 0.2) is 5.65 Å². The Hall–Kier alpha value is -2.64. The number of benzene rings is 1. The van der Waals surface area contributed by atoms with Crippen LogP contribution in [0.1, 0.15) is 26.3 Å². The van der Waals surface area contributed by atoms with Crippen molar-refractivity contribution in [1.82, 2.24) is 14.2 Å². The first kappa shape index (κ1) is 20.7. The van der Waals surface area contributed by atoms with Crippen LogP contribution in [-0.4, -0.2) is 26.1 Å². The van der Waals surface area contributed by atoms with Crippen molar-refractivity contribution in [2.75, 3.05) is 5.32 Å². The molecule has 0 fully saturated rings. The van der Waals surface area contributed by atoms with Crippen LogP contribution >= 0.6 is 12.4 Å². The minimum atomic E-state index is -0.618. The van der Waals surface area contributed by atoms with E-state index in [4.69, 9.17) is 5.73 Å². The van der Waals surface area contributed by atoms with Crippen LogP contribution in [0.15, 0.2) is 53.5 Å². The highest BCUT2D eigenvalue weighted by Crippen LogP contribution is 2.19. The molecule has 7 nitrogen and oxygen atoms in total. The first-order chi connectivity index (χ1) is 12.3. The Kier molecular flexibility index (Phi) is 6.08. The number of anilines is 1. The number of nitrogens with two attached hydrogens (primary N) is 1. The van der Waals surface area contributed by atoms with Gasteiger partial charge in [-0.25, -0.2) is 9.48 Å². The molecule has 1 aromatic carbocycles.